The molecule has 1 aromatic heterocycles. The van der Waals surface area contributed by atoms with Crippen molar-refractivity contribution in [3.8, 4) is 28.5 Å². The molecule has 5 rings (SSSR count). The average molecular weight is 477 g/mol. The van der Waals surface area contributed by atoms with Crippen LogP contribution in [0.3, 0.4) is 0 Å². The molecule has 0 N–H and O–H groups in total. The fourth-order valence-electron chi connectivity index (χ4n) is 3.59. The third-order valence-corrected chi connectivity index (χ3v) is 7.34. The molecule has 0 spiro atoms. The minimum absolute atomic E-state index is 0.0376. The topological polar surface area (TPSA) is 53.5 Å². The van der Waals surface area contributed by atoms with E-state index in [0.717, 1.165) is 32.6 Å². The van der Waals surface area contributed by atoms with E-state index in [2.05, 4.69) is 23.0 Å². The Balaban J connectivity index is 1.50. The van der Waals surface area contributed by atoms with Crippen LogP contribution in [0.5, 0.6) is 17.2 Å². The second-order valence-corrected chi connectivity index (χ2v) is 9.49. The van der Waals surface area contributed by atoms with Crippen LogP contribution < -0.4 is 14.2 Å². The summed E-state index contributed by atoms with van der Waals surface area (Å²) < 4.78 is 24.2. The molecule has 4 aromatic rings. The fourth-order valence-corrected chi connectivity index (χ4v) is 5.06. The Hall–Kier alpha value is -3.08. The van der Waals surface area contributed by atoms with Crippen molar-refractivity contribution in [1.29, 1.82) is 0 Å². The predicted molar refractivity (Wildman–Crippen MR) is 120 cm³/mol. The van der Waals surface area contributed by atoms with E-state index in [9.17, 15) is 0 Å². The van der Waals surface area contributed by atoms with E-state index in [1.165, 1.54) is 0 Å². The normalized spacial score (nSPS) is 13.6. The van der Waals surface area contributed by atoms with Crippen molar-refractivity contribution >= 4 is 14.7 Å². The Kier molecular flexibility index (Phi) is 5.26. The van der Waals surface area contributed by atoms with E-state index in [0.29, 0.717) is 24.7 Å². The van der Waals surface area contributed by atoms with E-state index in [4.69, 9.17) is 14.2 Å². The number of rotatable bonds is 6. The van der Waals surface area contributed by atoms with Gasteiger partial charge in [0.2, 0.25) is 0 Å². The number of nitrogens with zero attached hydrogens (tertiary/aromatic N) is 2. The van der Waals surface area contributed by atoms with Crippen LogP contribution in [0.1, 0.15) is 29.4 Å². The van der Waals surface area contributed by atoms with Crippen molar-refractivity contribution in [1.82, 2.24) is 9.19 Å². The maximum atomic E-state index is 6.35. The first-order chi connectivity index (χ1) is 15.1. The Morgan fingerprint density at radius 3 is 2.03 bits per heavy atom. The Labute approximate surface area is 187 Å². The molecule has 0 amide bonds. The number of fused-ring (bicyclic) bond motifs is 3. The number of ether oxygens (including phenoxy) is 3. The molecule has 0 bridgehead atoms. The van der Waals surface area contributed by atoms with Gasteiger partial charge >= 0.3 is 188 Å². The van der Waals surface area contributed by atoms with Crippen molar-refractivity contribution in [2.24, 2.45) is 0 Å². The first kappa shape index (κ1) is 19.9. The zero-order valence-corrected chi connectivity index (χ0v) is 19.1. The standard InChI is InChI=1S/C25H22N2O3Se/c1-25(2)24-23(26-27-31-24)19-13-21(28-15-17-9-5-3-6-10-17)22(14-20(19)30-25)29-16-18-11-7-4-8-12-18/h3-14H,15-16H2,1-2H3. The second kappa shape index (κ2) is 8.22. The molecule has 1 aliphatic heterocycles. The van der Waals surface area contributed by atoms with Gasteiger partial charge in [0, 0.05) is 0 Å². The Morgan fingerprint density at radius 2 is 1.42 bits per heavy atom. The summed E-state index contributed by atoms with van der Waals surface area (Å²) >= 11 is -0.0376. The van der Waals surface area contributed by atoms with Crippen LogP contribution >= 0.6 is 0 Å². The molecule has 0 unspecified atom stereocenters. The summed E-state index contributed by atoms with van der Waals surface area (Å²) in [6, 6.07) is 24.1. The molecule has 2 heterocycles. The maximum absolute atomic E-state index is 6.35. The molecule has 0 saturated heterocycles. The van der Waals surface area contributed by atoms with Crippen LogP contribution in [0.4, 0.5) is 0 Å². The van der Waals surface area contributed by atoms with Crippen molar-refractivity contribution < 1.29 is 14.2 Å². The van der Waals surface area contributed by atoms with Gasteiger partial charge in [-0.1, -0.05) is 0 Å². The molecule has 156 valence electrons. The van der Waals surface area contributed by atoms with Gasteiger partial charge in [-0.05, 0) is 0 Å². The summed E-state index contributed by atoms with van der Waals surface area (Å²) in [6.07, 6.45) is 0. The predicted octanol–water partition coefficient (Wildman–Crippen LogP) is 4.99. The SMILES string of the molecule is CC1(C)Oc2cc(OCc3ccccc3)c(OCc3ccccc3)cc2-c2nn[se]c21. The third kappa shape index (κ3) is 4.09. The summed E-state index contributed by atoms with van der Waals surface area (Å²) in [5.41, 5.74) is 3.57. The van der Waals surface area contributed by atoms with Gasteiger partial charge in [0.1, 0.15) is 0 Å². The van der Waals surface area contributed by atoms with Crippen LogP contribution in [0.15, 0.2) is 72.8 Å². The first-order valence-corrected chi connectivity index (χ1v) is 11.8. The van der Waals surface area contributed by atoms with E-state index in [-0.39, 0.29) is 14.7 Å². The molecule has 31 heavy (non-hydrogen) atoms. The van der Waals surface area contributed by atoms with Crippen LogP contribution in [0.2, 0.25) is 0 Å². The summed E-state index contributed by atoms with van der Waals surface area (Å²) in [5.74, 6) is 2.07. The zero-order valence-electron chi connectivity index (χ0n) is 17.4. The van der Waals surface area contributed by atoms with Gasteiger partial charge in [-0.25, -0.2) is 0 Å². The molecule has 3 aromatic carbocycles. The molecule has 0 aliphatic carbocycles. The number of hydrogen-bond acceptors (Lipinski definition) is 5. The van der Waals surface area contributed by atoms with E-state index >= 15 is 0 Å². The molecule has 0 radical (unpaired) electrons. The summed E-state index contributed by atoms with van der Waals surface area (Å²) in [7, 11) is 0. The second-order valence-electron chi connectivity index (χ2n) is 7.91. The monoisotopic (exact) mass is 478 g/mol. The van der Waals surface area contributed by atoms with Gasteiger partial charge in [-0.3, -0.25) is 0 Å². The number of hydrogen-bond donors (Lipinski definition) is 0. The van der Waals surface area contributed by atoms with Gasteiger partial charge in [-0.15, -0.1) is 0 Å². The fraction of sp³-hybridized carbons (Fsp3) is 0.200. The zero-order chi connectivity index (χ0) is 21.3. The van der Waals surface area contributed by atoms with Crippen LogP contribution in [0, 0.1) is 0 Å². The molecule has 6 heteroatoms. The summed E-state index contributed by atoms with van der Waals surface area (Å²) in [5, 5.41) is 4.43. The Bertz CT molecular complexity index is 1190. The number of aromatic nitrogens is 2. The number of benzene rings is 3. The van der Waals surface area contributed by atoms with Gasteiger partial charge in [-0.2, -0.15) is 0 Å². The van der Waals surface area contributed by atoms with Crippen molar-refractivity contribution in [2.45, 2.75) is 32.7 Å². The molecular formula is C25H22N2O3Se. The molecule has 1 aliphatic rings. The van der Waals surface area contributed by atoms with Crippen molar-refractivity contribution in [3.63, 3.8) is 0 Å². The van der Waals surface area contributed by atoms with Gasteiger partial charge in [0.05, 0.1) is 0 Å². The van der Waals surface area contributed by atoms with Crippen LogP contribution in [-0.2, 0) is 18.8 Å². The minimum atomic E-state index is -0.436. The third-order valence-electron chi connectivity index (χ3n) is 5.18. The van der Waals surface area contributed by atoms with E-state index < -0.39 is 5.60 Å². The Morgan fingerprint density at radius 1 is 0.839 bits per heavy atom. The molecule has 0 saturated carbocycles. The van der Waals surface area contributed by atoms with Crippen molar-refractivity contribution in [3.05, 3.63) is 88.4 Å². The summed E-state index contributed by atoms with van der Waals surface area (Å²) in [4.78, 5) is 0. The van der Waals surface area contributed by atoms with E-state index in [1.54, 1.807) is 0 Å². The molecule has 5 nitrogen and oxygen atoms in total. The van der Waals surface area contributed by atoms with Crippen LogP contribution in [-0.4, -0.2) is 23.9 Å². The average Bonchev–Trinajstić information content (AvgIpc) is 3.29. The first-order valence-electron chi connectivity index (χ1n) is 10.1. The summed E-state index contributed by atoms with van der Waals surface area (Å²) in [6.45, 7) is 5.02. The van der Waals surface area contributed by atoms with Gasteiger partial charge in [0.25, 0.3) is 0 Å². The quantitative estimate of drug-likeness (QED) is 0.367. The molecule has 0 fully saturated rings. The van der Waals surface area contributed by atoms with Gasteiger partial charge < -0.3 is 0 Å². The molecule has 0 atom stereocenters. The van der Waals surface area contributed by atoms with E-state index in [1.807, 2.05) is 72.8 Å². The van der Waals surface area contributed by atoms with Gasteiger partial charge in [0.15, 0.2) is 0 Å². The van der Waals surface area contributed by atoms with Crippen molar-refractivity contribution in [2.75, 3.05) is 0 Å². The van der Waals surface area contributed by atoms with Crippen LogP contribution in [0.25, 0.3) is 11.3 Å². The molecular weight excluding hydrogens is 455 g/mol.